The number of aliphatic hydroxyl groups excluding tert-OH is 1. The van der Waals surface area contributed by atoms with Gasteiger partial charge in [-0.15, -0.1) is 0 Å². The normalized spacial score (nSPS) is 8.92. The Hall–Kier alpha value is -0.332. The van der Waals surface area contributed by atoms with Crippen LogP contribution in [0.2, 0.25) is 0 Å². The Morgan fingerprint density at radius 1 is 1.31 bits per heavy atom. The molecule has 2 nitrogen and oxygen atoms in total. The van der Waals surface area contributed by atoms with Gasteiger partial charge < -0.3 is 12.0 Å². The standard InChI is InChI=1S/C10H13O.HN.Pt/c1-2-9-4-3-5-10(8-9)6-7-11;;/h3-5,8,11H,1-2,6-7H2;1H;/q-1;;. The molecule has 0 aliphatic rings. The van der Waals surface area contributed by atoms with Gasteiger partial charge in [0.15, 0.2) is 0 Å². The van der Waals surface area contributed by atoms with Gasteiger partial charge in [-0.05, 0) is 12.0 Å². The maximum absolute atomic E-state index is 8.67. The molecule has 0 aliphatic carbocycles. The average Bonchev–Trinajstić information content (AvgIpc) is 2.22. The second-order valence-corrected chi connectivity index (χ2v) is 2.54. The third kappa shape index (κ3) is 5.07. The van der Waals surface area contributed by atoms with E-state index >= 15 is 0 Å². The molecule has 1 rings (SSSR count). The van der Waals surface area contributed by atoms with Crippen LogP contribution in [0.25, 0.3) is 0 Å². The van der Waals surface area contributed by atoms with Crippen LogP contribution in [0.15, 0.2) is 24.3 Å². The first-order valence-electron chi connectivity index (χ1n) is 4.00. The van der Waals surface area contributed by atoms with E-state index in [1.807, 2.05) is 18.2 Å². The Kier molecular flexibility index (Phi) is 8.06. The van der Waals surface area contributed by atoms with Crippen LogP contribution in [0.4, 0.5) is 0 Å². The second kappa shape index (κ2) is 8.27. The molecule has 0 unspecified atom stereocenters. The van der Waals surface area contributed by atoms with E-state index in [2.05, 4.69) is 13.0 Å². The molecule has 0 radical (unpaired) electrons. The SMILES string of the molecule is [CH2-]Cc1cccc(CCO)c1.[NH]=[Pt]. The van der Waals surface area contributed by atoms with E-state index in [-0.39, 0.29) is 6.61 Å². The van der Waals surface area contributed by atoms with Gasteiger partial charge in [-0.3, -0.25) is 0 Å². The van der Waals surface area contributed by atoms with Gasteiger partial charge >= 0.3 is 23.5 Å². The zero-order valence-corrected chi connectivity index (χ0v) is 9.67. The van der Waals surface area contributed by atoms with Crippen molar-refractivity contribution in [2.45, 2.75) is 12.8 Å². The monoisotopic (exact) mass is 359 g/mol. The Morgan fingerprint density at radius 2 is 1.92 bits per heavy atom. The van der Waals surface area contributed by atoms with Crippen molar-refractivity contribution in [3.63, 3.8) is 0 Å². The first kappa shape index (κ1) is 12.7. The average molecular weight is 359 g/mol. The van der Waals surface area contributed by atoms with Crippen LogP contribution in [0, 0.1) is 10.8 Å². The summed E-state index contributed by atoms with van der Waals surface area (Å²) < 4.78 is 5.72. The fourth-order valence-electron chi connectivity index (χ4n) is 1.07. The van der Waals surface area contributed by atoms with Gasteiger partial charge in [-0.2, -0.15) is 6.42 Å². The van der Waals surface area contributed by atoms with Gasteiger partial charge in [0.05, 0.1) is 0 Å². The summed E-state index contributed by atoms with van der Waals surface area (Å²) in [4.78, 5) is 0. The van der Waals surface area contributed by atoms with E-state index in [1.165, 1.54) is 30.8 Å². The summed E-state index contributed by atoms with van der Waals surface area (Å²) in [6.45, 7) is 4.02. The Balaban J connectivity index is 0.000000671. The van der Waals surface area contributed by atoms with Crippen molar-refractivity contribution in [1.29, 1.82) is 3.91 Å². The third-order valence-electron chi connectivity index (χ3n) is 1.68. The van der Waals surface area contributed by atoms with Crippen LogP contribution >= 0.6 is 0 Å². The molecule has 0 aliphatic heterocycles. The Morgan fingerprint density at radius 3 is 2.46 bits per heavy atom. The fourth-order valence-corrected chi connectivity index (χ4v) is 1.07. The summed E-state index contributed by atoms with van der Waals surface area (Å²) in [5.74, 6) is 0. The van der Waals surface area contributed by atoms with E-state index in [1.54, 1.807) is 0 Å². The Labute approximate surface area is 90.5 Å². The Bertz CT molecular complexity index is 240. The molecule has 0 saturated carbocycles. The van der Waals surface area contributed by atoms with Crippen molar-refractivity contribution in [1.82, 2.24) is 0 Å². The minimum atomic E-state index is 0.223. The molecule has 13 heavy (non-hydrogen) atoms. The van der Waals surface area contributed by atoms with E-state index in [0.717, 1.165) is 12.8 Å². The quantitative estimate of drug-likeness (QED) is 0.796. The first-order chi connectivity index (χ1) is 6.36. The molecule has 0 atom stereocenters. The van der Waals surface area contributed by atoms with Gasteiger partial charge in [-0.25, -0.2) is 0 Å². The molecule has 0 saturated heterocycles. The van der Waals surface area contributed by atoms with Crippen molar-refractivity contribution in [3.8, 4) is 0 Å². The van der Waals surface area contributed by atoms with Crippen molar-refractivity contribution in [3.05, 3.63) is 42.3 Å². The van der Waals surface area contributed by atoms with E-state index in [4.69, 9.17) is 9.02 Å². The fraction of sp³-hybridized carbons (Fsp3) is 0.300. The summed E-state index contributed by atoms with van der Waals surface area (Å²) in [6.07, 6.45) is 1.56. The third-order valence-corrected chi connectivity index (χ3v) is 1.68. The molecule has 3 heteroatoms. The summed E-state index contributed by atoms with van der Waals surface area (Å²) in [7, 11) is 0. The van der Waals surface area contributed by atoms with Gasteiger partial charge in [0.25, 0.3) is 0 Å². The zero-order valence-electron chi connectivity index (χ0n) is 7.40. The summed E-state index contributed by atoms with van der Waals surface area (Å²) in [5, 5.41) is 8.67. The summed E-state index contributed by atoms with van der Waals surface area (Å²) in [5.41, 5.74) is 2.42. The number of hydrogen-bond acceptors (Lipinski definition) is 2. The molecule has 0 aromatic heterocycles. The predicted molar refractivity (Wildman–Crippen MR) is 49.0 cm³/mol. The van der Waals surface area contributed by atoms with Gasteiger partial charge in [-0.1, -0.05) is 29.8 Å². The minimum absolute atomic E-state index is 0.223. The zero-order chi connectivity index (χ0) is 10.1. The molecule has 0 bridgehead atoms. The number of rotatable bonds is 3. The van der Waals surface area contributed by atoms with Crippen LogP contribution in [-0.4, -0.2) is 11.7 Å². The number of aliphatic hydroxyl groups is 1. The first-order valence-corrected chi connectivity index (χ1v) is 5.14. The molecular formula is C10H14NOPt-. The van der Waals surface area contributed by atoms with Crippen LogP contribution in [0.1, 0.15) is 11.1 Å². The number of nitrogens with one attached hydrogen (secondary N) is 1. The van der Waals surface area contributed by atoms with Gasteiger partial charge in [0, 0.05) is 6.61 Å². The maximum atomic E-state index is 8.67. The molecule has 0 spiro atoms. The van der Waals surface area contributed by atoms with Crippen LogP contribution in [-0.2, 0) is 32.5 Å². The number of hydrogen-bond donors (Lipinski definition) is 2. The van der Waals surface area contributed by atoms with E-state index < -0.39 is 0 Å². The predicted octanol–water partition coefficient (Wildman–Crippen LogP) is 1.89. The molecule has 0 heterocycles. The van der Waals surface area contributed by atoms with Crippen molar-refractivity contribution >= 4 is 0 Å². The van der Waals surface area contributed by atoms with Crippen LogP contribution < -0.4 is 0 Å². The topological polar surface area (TPSA) is 44.1 Å². The van der Waals surface area contributed by atoms with Gasteiger partial charge in [0.2, 0.25) is 0 Å². The summed E-state index contributed by atoms with van der Waals surface area (Å²) >= 11 is 1.39. The van der Waals surface area contributed by atoms with E-state index in [9.17, 15) is 0 Å². The van der Waals surface area contributed by atoms with Crippen molar-refractivity contribution < 1.29 is 24.7 Å². The van der Waals surface area contributed by atoms with E-state index in [0.29, 0.717) is 0 Å². The van der Waals surface area contributed by atoms with Gasteiger partial charge in [0.1, 0.15) is 0 Å². The molecule has 0 amide bonds. The molecule has 76 valence electrons. The summed E-state index contributed by atoms with van der Waals surface area (Å²) in [6, 6.07) is 8.16. The molecule has 1 aromatic carbocycles. The van der Waals surface area contributed by atoms with Crippen LogP contribution in [0.5, 0.6) is 0 Å². The van der Waals surface area contributed by atoms with Crippen molar-refractivity contribution in [2.24, 2.45) is 0 Å². The second-order valence-electron chi connectivity index (χ2n) is 2.54. The van der Waals surface area contributed by atoms with Crippen LogP contribution in [0.3, 0.4) is 0 Å². The number of benzene rings is 1. The van der Waals surface area contributed by atoms with Crippen molar-refractivity contribution in [2.75, 3.05) is 6.61 Å². The molecule has 0 fully saturated rings. The molecule has 2 N–H and O–H groups in total. The molecular weight excluding hydrogens is 345 g/mol. The molecule has 1 aromatic rings.